The van der Waals surface area contributed by atoms with E-state index >= 15 is 0 Å². The maximum absolute atomic E-state index is 13.5. The van der Waals surface area contributed by atoms with Gasteiger partial charge < -0.3 is 14.8 Å². The van der Waals surface area contributed by atoms with Gasteiger partial charge in [-0.3, -0.25) is 14.9 Å². The highest BCUT2D eigenvalue weighted by Gasteiger charge is 2.16. The molecule has 2 rings (SSSR count). The fourth-order valence-electron chi connectivity index (χ4n) is 2.03. The van der Waals surface area contributed by atoms with Crippen LogP contribution in [0.15, 0.2) is 36.4 Å². The number of non-ortho nitro benzene ring substituents is 1. The molecule has 0 saturated carbocycles. The normalized spacial score (nSPS) is 10.1. The average molecular weight is 362 g/mol. The van der Waals surface area contributed by atoms with Gasteiger partial charge in [0.1, 0.15) is 11.6 Å². The molecule has 26 heavy (non-hydrogen) atoms. The zero-order chi connectivity index (χ0) is 19.3. The van der Waals surface area contributed by atoms with E-state index < -0.39 is 29.2 Å². The number of ether oxygens (including phenoxy) is 2. The minimum atomic E-state index is -0.870. The maximum Gasteiger partial charge on any atom is 0.338 e. The number of nitro groups is 1. The van der Waals surface area contributed by atoms with Gasteiger partial charge in [-0.15, -0.1) is 0 Å². The molecule has 0 radical (unpaired) electrons. The Labute approximate surface area is 147 Å². The number of aryl methyl sites for hydroxylation is 1. The second-order valence-corrected chi connectivity index (χ2v) is 5.23. The number of halogens is 1. The second-order valence-electron chi connectivity index (χ2n) is 5.23. The highest BCUT2D eigenvalue weighted by molar-refractivity contribution is 5.96. The third-order valence-electron chi connectivity index (χ3n) is 3.41. The van der Waals surface area contributed by atoms with Gasteiger partial charge in [-0.1, -0.05) is 6.07 Å². The third kappa shape index (κ3) is 4.53. The summed E-state index contributed by atoms with van der Waals surface area (Å²) in [6.07, 6.45) is 0. The van der Waals surface area contributed by atoms with Crippen LogP contribution in [0.4, 0.5) is 15.8 Å². The number of benzene rings is 2. The molecule has 0 bridgehead atoms. The molecule has 0 fully saturated rings. The molecule has 9 heteroatoms. The number of methoxy groups -OCH3 is 1. The van der Waals surface area contributed by atoms with Gasteiger partial charge in [0.25, 0.3) is 11.6 Å². The number of anilines is 1. The van der Waals surface area contributed by atoms with E-state index in [1.54, 1.807) is 6.92 Å². The molecule has 136 valence electrons. The number of nitrogens with one attached hydrogen (secondary N) is 1. The molecule has 0 unspecified atom stereocenters. The fourth-order valence-corrected chi connectivity index (χ4v) is 2.03. The van der Waals surface area contributed by atoms with Crippen molar-refractivity contribution in [2.24, 2.45) is 0 Å². The van der Waals surface area contributed by atoms with E-state index in [-0.39, 0.29) is 22.7 Å². The molecule has 0 saturated heterocycles. The molecule has 8 nitrogen and oxygen atoms in total. The first kappa shape index (κ1) is 18.8. The van der Waals surface area contributed by atoms with Gasteiger partial charge in [0, 0.05) is 12.1 Å². The number of rotatable bonds is 6. The molecule has 0 heterocycles. The summed E-state index contributed by atoms with van der Waals surface area (Å²) in [5.41, 5.74) is 0.156. The number of nitrogens with zero attached hydrogens (tertiary/aromatic N) is 1. The van der Waals surface area contributed by atoms with E-state index in [1.165, 1.54) is 31.4 Å². The molecule has 2 aromatic carbocycles. The topological polar surface area (TPSA) is 108 Å². The molecular weight excluding hydrogens is 347 g/mol. The van der Waals surface area contributed by atoms with Crippen molar-refractivity contribution in [3.8, 4) is 5.75 Å². The van der Waals surface area contributed by atoms with Crippen LogP contribution in [0.25, 0.3) is 0 Å². The lowest BCUT2D eigenvalue weighted by atomic mass is 10.1. The summed E-state index contributed by atoms with van der Waals surface area (Å²) in [4.78, 5) is 34.0. The Balaban J connectivity index is 2.02. The van der Waals surface area contributed by atoms with Crippen LogP contribution in [0.5, 0.6) is 5.75 Å². The summed E-state index contributed by atoms with van der Waals surface area (Å²) in [6.45, 7) is 0.893. The van der Waals surface area contributed by atoms with Gasteiger partial charge >= 0.3 is 5.97 Å². The number of nitro benzene ring substituents is 1. The molecule has 0 aromatic heterocycles. The fraction of sp³-hybridized carbons (Fsp3) is 0.176. The number of hydrogen-bond donors (Lipinski definition) is 1. The van der Waals surface area contributed by atoms with Crippen molar-refractivity contribution in [1.29, 1.82) is 0 Å². The van der Waals surface area contributed by atoms with Gasteiger partial charge in [0.15, 0.2) is 6.61 Å². The number of carbonyl (C=O) groups is 2. The van der Waals surface area contributed by atoms with E-state index in [2.05, 4.69) is 5.32 Å². The molecular formula is C17H15FN2O6. The van der Waals surface area contributed by atoms with Crippen molar-refractivity contribution >= 4 is 23.3 Å². The molecule has 0 aliphatic rings. The Morgan fingerprint density at radius 3 is 2.58 bits per heavy atom. The SMILES string of the molecule is COc1ccc([N+](=O)[O-])cc1NC(=O)COC(=O)c1ccc(C)c(F)c1. The van der Waals surface area contributed by atoms with Gasteiger partial charge in [0.2, 0.25) is 0 Å². The standard InChI is InChI=1S/C17H15FN2O6/c1-10-3-4-11(7-13(10)18)17(22)26-9-16(21)19-14-8-12(20(23)24)5-6-15(14)25-2/h3-8H,9H2,1-2H3,(H,19,21). The average Bonchev–Trinajstić information content (AvgIpc) is 2.61. The number of carbonyl (C=O) groups excluding carboxylic acids is 2. The summed E-state index contributed by atoms with van der Waals surface area (Å²) in [5.74, 6) is -1.96. The summed E-state index contributed by atoms with van der Waals surface area (Å²) in [6, 6.07) is 7.48. The Morgan fingerprint density at radius 1 is 1.23 bits per heavy atom. The Kier molecular flexibility index (Phi) is 5.84. The largest absolute Gasteiger partial charge is 0.495 e. The van der Waals surface area contributed by atoms with Crippen molar-refractivity contribution in [3.63, 3.8) is 0 Å². The van der Waals surface area contributed by atoms with Crippen molar-refractivity contribution in [1.82, 2.24) is 0 Å². The number of hydrogen-bond acceptors (Lipinski definition) is 6. The summed E-state index contributed by atoms with van der Waals surface area (Å²) < 4.78 is 23.3. The van der Waals surface area contributed by atoms with Gasteiger partial charge in [-0.2, -0.15) is 0 Å². The van der Waals surface area contributed by atoms with Crippen LogP contribution in [-0.4, -0.2) is 30.5 Å². The molecule has 1 amide bonds. The lowest BCUT2D eigenvalue weighted by Crippen LogP contribution is -2.21. The zero-order valence-electron chi connectivity index (χ0n) is 13.9. The molecule has 0 aliphatic carbocycles. The molecule has 0 aliphatic heterocycles. The zero-order valence-corrected chi connectivity index (χ0v) is 13.9. The summed E-state index contributed by atoms with van der Waals surface area (Å²) in [5, 5.41) is 13.2. The first-order valence-corrected chi connectivity index (χ1v) is 7.37. The Morgan fingerprint density at radius 2 is 1.96 bits per heavy atom. The third-order valence-corrected chi connectivity index (χ3v) is 3.41. The quantitative estimate of drug-likeness (QED) is 0.481. The van der Waals surface area contributed by atoms with Crippen LogP contribution >= 0.6 is 0 Å². The van der Waals surface area contributed by atoms with Crippen LogP contribution in [0.1, 0.15) is 15.9 Å². The predicted octanol–water partition coefficient (Wildman–Crippen LogP) is 2.85. The van der Waals surface area contributed by atoms with Gasteiger partial charge in [-0.25, -0.2) is 9.18 Å². The van der Waals surface area contributed by atoms with Gasteiger partial charge in [0.05, 0.1) is 23.3 Å². The van der Waals surface area contributed by atoms with Crippen LogP contribution in [0, 0.1) is 22.9 Å². The predicted molar refractivity (Wildman–Crippen MR) is 89.7 cm³/mol. The molecule has 1 N–H and O–H groups in total. The summed E-state index contributed by atoms with van der Waals surface area (Å²) >= 11 is 0. The molecule has 0 atom stereocenters. The second kappa shape index (κ2) is 8.06. The van der Waals surface area contributed by atoms with E-state index in [1.807, 2.05) is 0 Å². The van der Waals surface area contributed by atoms with Crippen LogP contribution in [0.3, 0.4) is 0 Å². The number of esters is 1. The van der Waals surface area contributed by atoms with Crippen LogP contribution < -0.4 is 10.1 Å². The number of amides is 1. The van der Waals surface area contributed by atoms with Crippen LogP contribution in [0.2, 0.25) is 0 Å². The van der Waals surface area contributed by atoms with Gasteiger partial charge in [-0.05, 0) is 30.7 Å². The first-order chi connectivity index (χ1) is 12.3. The van der Waals surface area contributed by atoms with Crippen LogP contribution in [-0.2, 0) is 9.53 Å². The molecule has 2 aromatic rings. The minimum absolute atomic E-state index is 0.0335. The smallest absolute Gasteiger partial charge is 0.338 e. The Bertz CT molecular complexity index is 868. The first-order valence-electron chi connectivity index (χ1n) is 7.37. The maximum atomic E-state index is 13.5. The lowest BCUT2D eigenvalue weighted by molar-refractivity contribution is -0.384. The summed E-state index contributed by atoms with van der Waals surface area (Å²) in [7, 11) is 1.34. The van der Waals surface area contributed by atoms with Crippen molar-refractivity contribution in [2.75, 3.05) is 19.0 Å². The van der Waals surface area contributed by atoms with E-state index in [0.29, 0.717) is 5.56 Å². The monoisotopic (exact) mass is 362 g/mol. The highest BCUT2D eigenvalue weighted by Crippen LogP contribution is 2.28. The Hall–Kier alpha value is -3.49. The lowest BCUT2D eigenvalue weighted by Gasteiger charge is -2.10. The minimum Gasteiger partial charge on any atom is -0.495 e. The molecule has 0 spiro atoms. The van der Waals surface area contributed by atoms with Crippen molar-refractivity contribution < 1.29 is 28.4 Å². The van der Waals surface area contributed by atoms with E-state index in [9.17, 15) is 24.1 Å². The highest BCUT2D eigenvalue weighted by atomic mass is 19.1. The van der Waals surface area contributed by atoms with Crippen molar-refractivity contribution in [2.45, 2.75) is 6.92 Å². The van der Waals surface area contributed by atoms with Crippen molar-refractivity contribution in [3.05, 3.63) is 63.5 Å². The van der Waals surface area contributed by atoms with E-state index in [0.717, 1.165) is 12.1 Å². The van der Waals surface area contributed by atoms with E-state index in [4.69, 9.17) is 9.47 Å².